The molecule has 1 aromatic carbocycles. The molecular weight excluding hydrogens is 306 g/mol. The number of hydrogen-bond donors (Lipinski definition) is 1. The van der Waals surface area contributed by atoms with E-state index in [0.29, 0.717) is 31.7 Å². The van der Waals surface area contributed by atoms with Gasteiger partial charge in [0.15, 0.2) is 0 Å². The summed E-state index contributed by atoms with van der Waals surface area (Å²) in [6.07, 6.45) is 1.08. The lowest BCUT2D eigenvalue weighted by molar-refractivity contribution is -0.142. The van der Waals surface area contributed by atoms with Crippen LogP contribution in [0.25, 0.3) is 0 Å². The molecule has 1 saturated heterocycles. The van der Waals surface area contributed by atoms with Crippen molar-refractivity contribution in [2.45, 2.75) is 31.6 Å². The van der Waals surface area contributed by atoms with Gasteiger partial charge in [-0.15, -0.1) is 0 Å². The summed E-state index contributed by atoms with van der Waals surface area (Å²) >= 11 is 0. The van der Waals surface area contributed by atoms with Crippen molar-refractivity contribution >= 4 is 16.0 Å². The second-order valence-electron chi connectivity index (χ2n) is 5.40. The van der Waals surface area contributed by atoms with Gasteiger partial charge in [-0.05, 0) is 50.5 Å². The number of piperidine rings is 1. The van der Waals surface area contributed by atoms with Gasteiger partial charge in [0.05, 0.1) is 17.4 Å². The summed E-state index contributed by atoms with van der Waals surface area (Å²) in [5.41, 5.74) is 0.745. The molecule has 1 aliphatic rings. The number of carbonyl (C=O) groups is 1. The van der Waals surface area contributed by atoms with Crippen LogP contribution in [-0.4, -0.2) is 43.5 Å². The Bertz CT molecular complexity index is 656. The fraction of sp³-hybridized carbons (Fsp3) is 0.533. The molecule has 0 unspecified atom stereocenters. The van der Waals surface area contributed by atoms with Crippen molar-refractivity contribution in [2.75, 3.05) is 19.7 Å². The average molecular weight is 327 g/mol. The van der Waals surface area contributed by atoms with E-state index >= 15 is 0 Å². The zero-order valence-corrected chi connectivity index (χ0v) is 13.6. The summed E-state index contributed by atoms with van der Waals surface area (Å²) in [5, 5.41) is 9.09. The Morgan fingerprint density at radius 3 is 2.77 bits per heavy atom. The summed E-state index contributed by atoms with van der Waals surface area (Å²) in [7, 11) is -3.67. The van der Waals surface area contributed by atoms with Crippen molar-refractivity contribution in [2.24, 2.45) is 5.92 Å². The lowest BCUT2D eigenvalue weighted by atomic mass is 10.0. The van der Waals surface area contributed by atoms with Gasteiger partial charge in [0.2, 0.25) is 10.0 Å². The van der Waals surface area contributed by atoms with Crippen molar-refractivity contribution in [3.63, 3.8) is 0 Å². The minimum Gasteiger partial charge on any atom is -0.494 e. The van der Waals surface area contributed by atoms with Gasteiger partial charge in [-0.25, -0.2) is 8.42 Å². The molecule has 1 N–H and O–H groups in total. The van der Waals surface area contributed by atoms with Gasteiger partial charge in [-0.2, -0.15) is 4.31 Å². The maximum Gasteiger partial charge on any atom is 0.307 e. The molecule has 0 radical (unpaired) electrons. The molecule has 0 aromatic heterocycles. The van der Waals surface area contributed by atoms with Crippen LogP contribution in [0.5, 0.6) is 5.75 Å². The largest absolute Gasteiger partial charge is 0.494 e. The first-order valence-corrected chi connectivity index (χ1v) is 8.76. The predicted octanol–water partition coefficient (Wildman–Crippen LogP) is 1.88. The Labute approximate surface area is 130 Å². The van der Waals surface area contributed by atoms with Crippen LogP contribution in [0.1, 0.15) is 25.3 Å². The standard InChI is InChI=1S/C15H21NO5S/c1-3-21-14-7-6-13(9-11(14)2)22(19,20)16-8-4-5-12(10-16)15(17)18/h6-7,9,12H,3-5,8,10H2,1-2H3,(H,17,18)/t12-/m0/s1. The highest BCUT2D eigenvalue weighted by Crippen LogP contribution is 2.27. The molecule has 0 aliphatic carbocycles. The molecule has 122 valence electrons. The maximum absolute atomic E-state index is 12.7. The molecule has 0 bridgehead atoms. The van der Waals surface area contributed by atoms with E-state index in [1.807, 2.05) is 6.92 Å². The molecule has 1 atom stereocenters. The van der Waals surface area contributed by atoms with Crippen molar-refractivity contribution in [1.82, 2.24) is 4.31 Å². The van der Waals surface area contributed by atoms with Crippen molar-refractivity contribution in [3.8, 4) is 5.75 Å². The lowest BCUT2D eigenvalue weighted by Gasteiger charge is -2.30. The molecule has 0 amide bonds. The molecule has 7 heteroatoms. The minimum atomic E-state index is -3.67. The number of rotatable bonds is 5. The highest BCUT2D eigenvalue weighted by atomic mass is 32.2. The van der Waals surface area contributed by atoms with E-state index in [-0.39, 0.29) is 11.4 Å². The van der Waals surface area contributed by atoms with Crippen LogP contribution in [-0.2, 0) is 14.8 Å². The Hall–Kier alpha value is -1.60. The van der Waals surface area contributed by atoms with Gasteiger partial charge < -0.3 is 9.84 Å². The van der Waals surface area contributed by atoms with Crippen LogP contribution >= 0.6 is 0 Å². The van der Waals surface area contributed by atoms with E-state index in [1.165, 1.54) is 10.4 Å². The Morgan fingerprint density at radius 1 is 1.45 bits per heavy atom. The van der Waals surface area contributed by atoms with Crippen LogP contribution in [0.2, 0.25) is 0 Å². The van der Waals surface area contributed by atoms with E-state index in [9.17, 15) is 13.2 Å². The van der Waals surface area contributed by atoms with Crippen molar-refractivity contribution in [1.29, 1.82) is 0 Å². The SMILES string of the molecule is CCOc1ccc(S(=O)(=O)N2CCC[C@H](C(=O)O)C2)cc1C. The third-order valence-electron chi connectivity index (χ3n) is 3.82. The molecule has 6 nitrogen and oxygen atoms in total. The molecule has 1 heterocycles. The van der Waals surface area contributed by atoms with Gasteiger partial charge in [-0.3, -0.25) is 4.79 Å². The number of carboxylic acids is 1. The zero-order valence-electron chi connectivity index (χ0n) is 12.8. The fourth-order valence-corrected chi connectivity index (χ4v) is 4.22. The number of benzene rings is 1. The van der Waals surface area contributed by atoms with Crippen LogP contribution in [0.3, 0.4) is 0 Å². The van der Waals surface area contributed by atoms with E-state index in [0.717, 1.165) is 5.56 Å². The Morgan fingerprint density at radius 2 is 2.18 bits per heavy atom. The molecule has 1 fully saturated rings. The number of aliphatic carboxylic acids is 1. The van der Waals surface area contributed by atoms with E-state index in [4.69, 9.17) is 9.84 Å². The zero-order chi connectivity index (χ0) is 16.3. The summed E-state index contributed by atoms with van der Waals surface area (Å²) in [5.74, 6) is -0.918. The molecule has 0 spiro atoms. The van der Waals surface area contributed by atoms with Gasteiger partial charge in [0, 0.05) is 13.1 Å². The lowest BCUT2D eigenvalue weighted by Crippen LogP contribution is -2.42. The van der Waals surface area contributed by atoms with Crippen LogP contribution < -0.4 is 4.74 Å². The Balaban J connectivity index is 2.26. The quantitative estimate of drug-likeness (QED) is 0.892. The summed E-state index contributed by atoms with van der Waals surface area (Å²) in [6, 6.07) is 4.73. The van der Waals surface area contributed by atoms with Crippen molar-refractivity contribution < 1.29 is 23.1 Å². The highest BCUT2D eigenvalue weighted by molar-refractivity contribution is 7.89. The van der Waals surface area contributed by atoms with Gasteiger partial charge in [-0.1, -0.05) is 0 Å². The van der Waals surface area contributed by atoms with E-state index < -0.39 is 21.9 Å². The maximum atomic E-state index is 12.7. The summed E-state index contributed by atoms with van der Waals surface area (Å²) in [4.78, 5) is 11.3. The molecule has 1 aliphatic heterocycles. The summed E-state index contributed by atoms with van der Waals surface area (Å²) in [6.45, 7) is 4.56. The normalized spacial score (nSPS) is 19.8. The second-order valence-corrected chi connectivity index (χ2v) is 7.34. The number of hydrogen-bond acceptors (Lipinski definition) is 4. The number of ether oxygens (including phenoxy) is 1. The molecule has 2 rings (SSSR count). The van der Waals surface area contributed by atoms with Crippen LogP contribution in [0.4, 0.5) is 0 Å². The Kier molecular flexibility index (Phi) is 5.08. The molecule has 0 saturated carbocycles. The monoisotopic (exact) mass is 327 g/mol. The number of sulfonamides is 1. The molecule has 22 heavy (non-hydrogen) atoms. The molecular formula is C15H21NO5S. The number of carboxylic acid groups (broad SMARTS) is 1. The first kappa shape index (κ1) is 16.8. The van der Waals surface area contributed by atoms with Gasteiger partial charge in [0.1, 0.15) is 5.75 Å². The number of aryl methyl sites for hydroxylation is 1. The third-order valence-corrected chi connectivity index (χ3v) is 5.68. The summed E-state index contributed by atoms with van der Waals surface area (Å²) < 4.78 is 32.0. The van der Waals surface area contributed by atoms with Crippen LogP contribution in [0.15, 0.2) is 23.1 Å². The van der Waals surface area contributed by atoms with Gasteiger partial charge >= 0.3 is 5.97 Å². The van der Waals surface area contributed by atoms with E-state index in [1.54, 1.807) is 19.1 Å². The predicted molar refractivity (Wildman–Crippen MR) is 81.5 cm³/mol. The molecule has 1 aromatic rings. The fourth-order valence-electron chi connectivity index (χ4n) is 2.61. The average Bonchev–Trinajstić information content (AvgIpc) is 2.49. The smallest absolute Gasteiger partial charge is 0.307 e. The first-order valence-electron chi connectivity index (χ1n) is 7.32. The first-order chi connectivity index (χ1) is 10.4. The number of nitrogens with zero attached hydrogens (tertiary/aromatic N) is 1. The second kappa shape index (κ2) is 6.66. The topological polar surface area (TPSA) is 83.9 Å². The van der Waals surface area contributed by atoms with Crippen LogP contribution in [0, 0.1) is 12.8 Å². The van der Waals surface area contributed by atoms with Gasteiger partial charge in [0.25, 0.3) is 0 Å². The minimum absolute atomic E-state index is 0.0317. The van der Waals surface area contributed by atoms with E-state index in [2.05, 4.69) is 0 Å². The third kappa shape index (κ3) is 3.41. The highest BCUT2D eigenvalue weighted by Gasteiger charge is 2.33. The van der Waals surface area contributed by atoms with Crippen molar-refractivity contribution in [3.05, 3.63) is 23.8 Å².